The molecule has 3 aromatic rings. The van der Waals surface area contributed by atoms with Gasteiger partial charge in [0.2, 0.25) is 5.95 Å². The number of hydrogen-bond acceptors (Lipinski definition) is 4. The third kappa shape index (κ3) is 4.73. The predicted octanol–water partition coefficient (Wildman–Crippen LogP) is 5.25. The lowest BCUT2D eigenvalue weighted by Gasteiger charge is -2.22. The van der Waals surface area contributed by atoms with Gasteiger partial charge in [-0.05, 0) is 61.7 Å². The third-order valence-corrected chi connectivity index (χ3v) is 4.37. The number of aryl methyl sites for hydroxylation is 1. The van der Waals surface area contributed by atoms with E-state index in [4.69, 9.17) is 11.6 Å². The van der Waals surface area contributed by atoms with Crippen LogP contribution in [0.25, 0.3) is 0 Å². The van der Waals surface area contributed by atoms with E-state index in [0.29, 0.717) is 5.95 Å². The fourth-order valence-electron chi connectivity index (χ4n) is 2.87. The Morgan fingerprint density at radius 3 is 2.69 bits per heavy atom. The Labute approximate surface area is 159 Å². The maximum absolute atomic E-state index is 6.03. The van der Waals surface area contributed by atoms with Gasteiger partial charge in [-0.1, -0.05) is 35.9 Å². The van der Waals surface area contributed by atoms with Gasteiger partial charge in [0, 0.05) is 30.0 Å². The maximum atomic E-state index is 6.03. The van der Waals surface area contributed by atoms with Gasteiger partial charge >= 0.3 is 0 Å². The monoisotopic (exact) mass is 366 g/mol. The largest absolute Gasteiger partial charge is 0.354 e. The molecule has 5 heteroatoms. The molecule has 0 aliphatic carbocycles. The molecule has 1 N–H and O–H groups in total. The molecule has 1 aromatic heterocycles. The lowest BCUT2D eigenvalue weighted by Crippen LogP contribution is -2.18. The van der Waals surface area contributed by atoms with Gasteiger partial charge in [-0.2, -0.15) is 4.98 Å². The molecule has 0 amide bonds. The molecule has 0 unspecified atom stereocenters. The molecule has 0 atom stereocenters. The molecule has 2 aromatic carbocycles. The number of halogens is 1. The highest BCUT2D eigenvalue weighted by Crippen LogP contribution is 2.24. The first-order chi connectivity index (χ1) is 12.7. The summed E-state index contributed by atoms with van der Waals surface area (Å²) in [4.78, 5) is 11.2. The van der Waals surface area contributed by atoms with Crippen LogP contribution in [0.5, 0.6) is 0 Å². The number of nitrogens with one attached hydrogen (secondary N) is 1. The molecular formula is C21H23ClN4. The Kier molecular flexibility index (Phi) is 6.08. The third-order valence-electron chi connectivity index (χ3n) is 4.13. The summed E-state index contributed by atoms with van der Waals surface area (Å²) in [5.41, 5.74) is 3.56. The van der Waals surface area contributed by atoms with E-state index < -0.39 is 0 Å². The second kappa shape index (κ2) is 8.68. The number of hydrogen-bond donors (Lipinski definition) is 1. The number of aromatic nitrogens is 2. The average molecular weight is 367 g/mol. The first kappa shape index (κ1) is 18.2. The van der Waals surface area contributed by atoms with Crippen molar-refractivity contribution >= 4 is 29.1 Å². The summed E-state index contributed by atoms with van der Waals surface area (Å²) >= 11 is 6.03. The first-order valence-corrected chi connectivity index (χ1v) is 9.19. The minimum atomic E-state index is 0.635. The van der Waals surface area contributed by atoms with Gasteiger partial charge in [0.25, 0.3) is 0 Å². The van der Waals surface area contributed by atoms with Crippen LogP contribution in [0.3, 0.4) is 0 Å². The average Bonchev–Trinajstić information content (AvgIpc) is 2.63. The second-order valence-corrected chi connectivity index (χ2v) is 6.56. The molecule has 0 saturated heterocycles. The van der Waals surface area contributed by atoms with Crippen LogP contribution in [0.4, 0.5) is 17.5 Å². The zero-order valence-corrected chi connectivity index (χ0v) is 15.9. The lowest BCUT2D eigenvalue weighted by atomic mass is 10.1. The minimum Gasteiger partial charge on any atom is -0.354 e. The Hall–Kier alpha value is -2.59. The lowest BCUT2D eigenvalue weighted by molar-refractivity contribution is 0.951. The molecule has 0 spiro atoms. The molecule has 0 radical (unpaired) electrons. The Morgan fingerprint density at radius 2 is 1.92 bits per heavy atom. The van der Waals surface area contributed by atoms with Crippen molar-refractivity contribution in [3.05, 3.63) is 76.9 Å². The SMILES string of the molecule is CCN(c1cccc(C)c1)c1ccnc(NCCc2cccc(Cl)c2)n1. The van der Waals surface area contributed by atoms with Gasteiger partial charge in [-0.3, -0.25) is 0 Å². The van der Waals surface area contributed by atoms with E-state index in [1.54, 1.807) is 6.20 Å². The highest BCUT2D eigenvalue weighted by atomic mass is 35.5. The van der Waals surface area contributed by atoms with Crippen molar-refractivity contribution in [3.63, 3.8) is 0 Å². The molecule has 0 fully saturated rings. The molecule has 3 rings (SSSR count). The Balaban J connectivity index is 1.69. The molecule has 0 aliphatic heterocycles. The van der Waals surface area contributed by atoms with E-state index in [1.807, 2.05) is 24.3 Å². The van der Waals surface area contributed by atoms with Crippen molar-refractivity contribution < 1.29 is 0 Å². The summed E-state index contributed by atoms with van der Waals surface area (Å²) in [6, 6.07) is 18.3. The predicted molar refractivity (Wildman–Crippen MR) is 110 cm³/mol. The van der Waals surface area contributed by atoms with E-state index >= 15 is 0 Å². The van der Waals surface area contributed by atoms with Gasteiger partial charge in [0.05, 0.1) is 0 Å². The summed E-state index contributed by atoms with van der Waals surface area (Å²) in [6.07, 6.45) is 2.66. The molecule has 26 heavy (non-hydrogen) atoms. The zero-order valence-electron chi connectivity index (χ0n) is 15.1. The fourth-order valence-corrected chi connectivity index (χ4v) is 3.08. The van der Waals surface area contributed by atoms with E-state index in [1.165, 1.54) is 11.1 Å². The van der Waals surface area contributed by atoms with Crippen molar-refractivity contribution in [2.24, 2.45) is 0 Å². The number of anilines is 3. The van der Waals surface area contributed by atoms with Crippen molar-refractivity contribution in [1.29, 1.82) is 0 Å². The Morgan fingerprint density at radius 1 is 1.08 bits per heavy atom. The van der Waals surface area contributed by atoms with Crippen LogP contribution in [-0.2, 0) is 6.42 Å². The van der Waals surface area contributed by atoms with Crippen molar-refractivity contribution in [1.82, 2.24) is 9.97 Å². The van der Waals surface area contributed by atoms with Crippen LogP contribution in [0, 0.1) is 6.92 Å². The van der Waals surface area contributed by atoms with Crippen LogP contribution >= 0.6 is 11.6 Å². The summed E-state index contributed by atoms with van der Waals surface area (Å²) in [7, 11) is 0. The van der Waals surface area contributed by atoms with E-state index in [2.05, 4.69) is 64.4 Å². The highest BCUT2D eigenvalue weighted by Gasteiger charge is 2.10. The summed E-state index contributed by atoms with van der Waals surface area (Å²) in [5, 5.41) is 4.06. The van der Waals surface area contributed by atoms with Gasteiger partial charge in [0.1, 0.15) is 5.82 Å². The van der Waals surface area contributed by atoms with Crippen molar-refractivity contribution in [2.75, 3.05) is 23.3 Å². The van der Waals surface area contributed by atoms with Gasteiger partial charge in [-0.15, -0.1) is 0 Å². The summed E-state index contributed by atoms with van der Waals surface area (Å²) < 4.78 is 0. The van der Waals surface area contributed by atoms with E-state index in [0.717, 1.165) is 36.0 Å². The maximum Gasteiger partial charge on any atom is 0.224 e. The van der Waals surface area contributed by atoms with Gasteiger partial charge in [-0.25, -0.2) is 4.98 Å². The topological polar surface area (TPSA) is 41.1 Å². The standard InChI is InChI=1S/C21H23ClN4/c1-3-26(19-9-4-6-16(2)14-19)20-11-13-24-21(25-20)23-12-10-17-7-5-8-18(22)15-17/h4-9,11,13-15H,3,10,12H2,1-2H3,(H,23,24,25). The quantitative estimate of drug-likeness (QED) is 0.620. The molecule has 0 bridgehead atoms. The molecule has 0 saturated carbocycles. The molecule has 1 heterocycles. The van der Waals surface area contributed by atoms with Gasteiger partial charge in [0.15, 0.2) is 0 Å². The normalized spacial score (nSPS) is 10.6. The molecule has 4 nitrogen and oxygen atoms in total. The number of rotatable bonds is 7. The van der Waals surface area contributed by atoms with E-state index in [-0.39, 0.29) is 0 Å². The first-order valence-electron chi connectivity index (χ1n) is 8.81. The van der Waals surface area contributed by atoms with Crippen LogP contribution in [0.1, 0.15) is 18.1 Å². The zero-order chi connectivity index (χ0) is 18.4. The smallest absolute Gasteiger partial charge is 0.224 e. The van der Waals surface area contributed by atoms with Crippen LogP contribution in [0.2, 0.25) is 5.02 Å². The Bertz CT molecular complexity index is 866. The minimum absolute atomic E-state index is 0.635. The molecule has 0 aliphatic rings. The second-order valence-electron chi connectivity index (χ2n) is 6.13. The molecular weight excluding hydrogens is 344 g/mol. The highest BCUT2D eigenvalue weighted by molar-refractivity contribution is 6.30. The van der Waals surface area contributed by atoms with Crippen LogP contribution < -0.4 is 10.2 Å². The number of benzene rings is 2. The number of nitrogens with zero attached hydrogens (tertiary/aromatic N) is 3. The summed E-state index contributed by atoms with van der Waals surface area (Å²) in [5.74, 6) is 1.52. The van der Waals surface area contributed by atoms with Crippen LogP contribution in [0.15, 0.2) is 60.8 Å². The molecule has 134 valence electrons. The van der Waals surface area contributed by atoms with Gasteiger partial charge < -0.3 is 10.2 Å². The van der Waals surface area contributed by atoms with E-state index in [9.17, 15) is 0 Å². The summed E-state index contributed by atoms with van der Waals surface area (Å²) in [6.45, 7) is 5.81. The van der Waals surface area contributed by atoms with Crippen molar-refractivity contribution in [3.8, 4) is 0 Å². The van der Waals surface area contributed by atoms with Crippen LogP contribution in [-0.4, -0.2) is 23.1 Å². The fraction of sp³-hybridized carbons (Fsp3) is 0.238. The van der Waals surface area contributed by atoms with Crippen molar-refractivity contribution in [2.45, 2.75) is 20.3 Å².